The van der Waals surface area contributed by atoms with Crippen LogP contribution in [0.1, 0.15) is 11.1 Å². The molecule has 158 valence electrons. The molecule has 4 aromatic rings. The van der Waals surface area contributed by atoms with Gasteiger partial charge in [0.05, 0.1) is 34.6 Å². The summed E-state index contributed by atoms with van der Waals surface area (Å²) in [4.78, 5) is 24.5. The van der Waals surface area contributed by atoms with Gasteiger partial charge in [0, 0.05) is 23.6 Å². The number of carbonyl (C=O) groups excluding carboxylic acids is 1. The van der Waals surface area contributed by atoms with Crippen molar-refractivity contribution in [1.82, 2.24) is 15.0 Å². The molecule has 1 atom stereocenters. The maximum absolute atomic E-state index is 14.7. The third-order valence-electron chi connectivity index (χ3n) is 5.02. The van der Waals surface area contributed by atoms with Crippen molar-refractivity contribution in [3.8, 4) is 22.2 Å². The van der Waals surface area contributed by atoms with E-state index in [-0.39, 0.29) is 12.4 Å². The fourth-order valence-electron chi connectivity index (χ4n) is 3.72. The lowest BCUT2D eigenvalue weighted by atomic mass is 10.1. The van der Waals surface area contributed by atoms with Crippen molar-refractivity contribution in [1.29, 1.82) is 0 Å². The van der Waals surface area contributed by atoms with Gasteiger partial charge in [-0.25, -0.2) is 24.1 Å². The van der Waals surface area contributed by atoms with Crippen LogP contribution in [0.25, 0.3) is 31.8 Å². The van der Waals surface area contributed by atoms with Crippen molar-refractivity contribution in [2.75, 3.05) is 13.7 Å². The first-order valence-corrected chi connectivity index (χ1v) is 10.3. The van der Waals surface area contributed by atoms with Crippen molar-refractivity contribution in [2.24, 2.45) is 5.73 Å². The van der Waals surface area contributed by atoms with E-state index in [1.165, 1.54) is 17.4 Å². The lowest BCUT2D eigenvalue weighted by molar-refractivity contribution is 0.0972. The fourth-order valence-corrected chi connectivity index (χ4v) is 4.83. The zero-order chi connectivity index (χ0) is 21.7. The van der Waals surface area contributed by atoms with Gasteiger partial charge in [-0.1, -0.05) is 0 Å². The van der Waals surface area contributed by atoms with Gasteiger partial charge in [-0.05, 0) is 24.6 Å². The Bertz CT molecular complexity index is 1360. The van der Waals surface area contributed by atoms with E-state index in [0.717, 1.165) is 15.8 Å². The number of thiazole rings is 1. The molecule has 31 heavy (non-hydrogen) atoms. The average Bonchev–Trinajstić information content (AvgIpc) is 3.35. The maximum Gasteiger partial charge on any atom is 0.404 e. The van der Waals surface area contributed by atoms with Crippen LogP contribution < -0.4 is 15.2 Å². The molecule has 1 amide bonds. The highest BCUT2D eigenvalue weighted by molar-refractivity contribution is 7.22. The van der Waals surface area contributed by atoms with E-state index in [1.807, 2.05) is 19.1 Å². The minimum Gasteiger partial charge on any atom is -0.483 e. The van der Waals surface area contributed by atoms with Crippen LogP contribution in [-0.4, -0.2) is 40.9 Å². The van der Waals surface area contributed by atoms with E-state index in [4.69, 9.17) is 19.9 Å². The third-order valence-corrected chi connectivity index (χ3v) is 6.18. The Hall–Kier alpha value is -3.53. The number of hydrogen-bond donors (Lipinski definition) is 1. The summed E-state index contributed by atoms with van der Waals surface area (Å²) in [6, 6.07) is 5.27. The summed E-state index contributed by atoms with van der Waals surface area (Å²) in [5, 5.41) is 0.702. The number of primary amides is 1. The summed E-state index contributed by atoms with van der Waals surface area (Å²) >= 11 is 1.44. The number of fused-ring (bicyclic) bond motifs is 4. The molecule has 0 fully saturated rings. The molecular weight excluding hydrogens is 423 g/mol. The number of rotatable bonds is 4. The highest BCUT2D eigenvalue weighted by atomic mass is 32.1. The monoisotopic (exact) mass is 440 g/mol. The number of hydrogen-bond acceptors (Lipinski definition) is 8. The van der Waals surface area contributed by atoms with Crippen LogP contribution >= 0.6 is 11.3 Å². The van der Waals surface area contributed by atoms with Crippen molar-refractivity contribution in [3.05, 3.63) is 41.3 Å². The molecule has 1 aliphatic heterocycles. The molecule has 2 aromatic carbocycles. The number of ether oxygens (including phenoxy) is 3. The van der Waals surface area contributed by atoms with Crippen LogP contribution in [0.15, 0.2) is 24.4 Å². The second-order valence-electron chi connectivity index (χ2n) is 7.20. The minimum absolute atomic E-state index is 0.0451. The summed E-state index contributed by atoms with van der Waals surface area (Å²) in [6.07, 6.45) is 0.563. The summed E-state index contributed by atoms with van der Waals surface area (Å²) in [5.74, 6) is 0.0913. The van der Waals surface area contributed by atoms with Crippen LogP contribution in [0.2, 0.25) is 0 Å². The molecule has 0 bridgehead atoms. The lowest BCUT2D eigenvalue weighted by Crippen LogP contribution is -2.25. The highest BCUT2D eigenvalue weighted by Gasteiger charge is 2.30. The smallest absolute Gasteiger partial charge is 0.404 e. The van der Waals surface area contributed by atoms with Crippen molar-refractivity contribution >= 4 is 38.7 Å². The first-order chi connectivity index (χ1) is 14.9. The van der Waals surface area contributed by atoms with E-state index in [2.05, 4.69) is 15.0 Å². The summed E-state index contributed by atoms with van der Waals surface area (Å²) in [7, 11) is 1.54. The zero-order valence-corrected chi connectivity index (χ0v) is 17.5. The number of nitrogens with zero attached hydrogens (tertiary/aromatic N) is 3. The topological polar surface area (TPSA) is 109 Å². The first-order valence-electron chi connectivity index (χ1n) is 9.45. The fraction of sp³-hybridized carbons (Fsp3) is 0.238. The second kappa shape index (κ2) is 7.31. The molecule has 0 saturated carbocycles. The number of aromatic nitrogens is 3. The molecule has 0 aliphatic carbocycles. The van der Waals surface area contributed by atoms with E-state index in [0.29, 0.717) is 39.4 Å². The van der Waals surface area contributed by atoms with Gasteiger partial charge in [-0.3, -0.25) is 0 Å². The van der Waals surface area contributed by atoms with Crippen molar-refractivity contribution < 1.29 is 23.4 Å². The quantitative estimate of drug-likeness (QED) is 0.514. The van der Waals surface area contributed by atoms with Gasteiger partial charge in [0.15, 0.2) is 11.6 Å². The lowest BCUT2D eigenvalue weighted by Gasteiger charge is -2.09. The summed E-state index contributed by atoms with van der Waals surface area (Å²) < 4.78 is 31.2. The zero-order valence-electron chi connectivity index (χ0n) is 16.6. The largest absolute Gasteiger partial charge is 0.483 e. The summed E-state index contributed by atoms with van der Waals surface area (Å²) in [5.41, 5.74) is 9.45. The van der Waals surface area contributed by atoms with Gasteiger partial charge in [0.1, 0.15) is 17.7 Å². The Morgan fingerprint density at radius 3 is 2.94 bits per heavy atom. The van der Waals surface area contributed by atoms with Gasteiger partial charge in [-0.2, -0.15) is 0 Å². The molecule has 0 saturated heterocycles. The molecule has 0 radical (unpaired) electrons. The van der Waals surface area contributed by atoms with Crippen LogP contribution in [0.4, 0.5) is 9.18 Å². The van der Waals surface area contributed by atoms with Crippen LogP contribution in [0.3, 0.4) is 0 Å². The molecule has 10 heteroatoms. The van der Waals surface area contributed by atoms with E-state index in [9.17, 15) is 9.18 Å². The Morgan fingerprint density at radius 1 is 1.32 bits per heavy atom. The van der Waals surface area contributed by atoms with Gasteiger partial charge >= 0.3 is 6.09 Å². The Balaban J connectivity index is 1.61. The average molecular weight is 440 g/mol. The number of halogens is 1. The molecule has 2 N–H and O–H groups in total. The molecule has 0 spiro atoms. The minimum atomic E-state index is -0.894. The van der Waals surface area contributed by atoms with Gasteiger partial charge in [0.2, 0.25) is 5.88 Å². The number of aryl methyl sites for hydroxylation is 1. The Labute approximate surface area is 179 Å². The predicted molar refractivity (Wildman–Crippen MR) is 113 cm³/mol. The number of benzene rings is 2. The molecule has 0 unspecified atom stereocenters. The number of carbonyl (C=O) groups is 1. The van der Waals surface area contributed by atoms with Gasteiger partial charge in [-0.15, -0.1) is 11.3 Å². The number of amides is 1. The van der Waals surface area contributed by atoms with E-state index < -0.39 is 18.0 Å². The summed E-state index contributed by atoms with van der Waals surface area (Å²) in [6.45, 7) is 1.92. The third kappa shape index (κ3) is 3.38. The molecule has 2 aromatic heterocycles. The Kier molecular flexibility index (Phi) is 4.58. The highest BCUT2D eigenvalue weighted by Crippen LogP contribution is 2.43. The Morgan fingerprint density at radius 2 is 2.16 bits per heavy atom. The molecule has 3 heterocycles. The second-order valence-corrected chi connectivity index (χ2v) is 8.20. The van der Waals surface area contributed by atoms with Crippen LogP contribution in [0.5, 0.6) is 11.6 Å². The van der Waals surface area contributed by atoms with Gasteiger partial charge in [0.25, 0.3) is 0 Å². The van der Waals surface area contributed by atoms with Crippen LogP contribution in [0, 0.1) is 12.7 Å². The SMILES string of the molecule is COc1cnc2c(-c3nc4cc(F)c5c(c4s3)C[C@@H](COC(N)=O)O5)cc(C)cc2n1. The van der Waals surface area contributed by atoms with Crippen LogP contribution in [-0.2, 0) is 11.2 Å². The molecule has 1 aliphatic rings. The normalized spacial score (nSPS) is 15.1. The number of nitrogens with two attached hydrogens (primary N) is 1. The van der Waals surface area contributed by atoms with Crippen molar-refractivity contribution in [3.63, 3.8) is 0 Å². The standard InChI is InChI=1S/C21H17FN4O4S/c1-9-3-11(17-14(4-9)25-16(28-2)7-24-17)20-26-15-6-13(22)18-12(19(15)31-20)5-10(30-18)8-29-21(23)27/h3-4,6-7,10H,5,8H2,1-2H3,(H2,23,27)/t10-/m0/s1. The molecule has 5 rings (SSSR count). The predicted octanol–water partition coefficient (Wildman–Crippen LogP) is 3.76. The van der Waals surface area contributed by atoms with Crippen molar-refractivity contribution in [2.45, 2.75) is 19.4 Å². The first kappa shape index (κ1) is 19.4. The van der Waals surface area contributed by atoms with E-state index >= 15 is 0 Å². The maximum atomic E-state index is 14.7. The molecular formula is C21H17FN4O4S. The molecule has 8 nitrogen and oxygen atoms in total. The van der Waals surface area contributed by atoms with Gasteiger partial charge < -0.3 is 19.9 Å². The number of methoxy groups -OCH3 is 1. The van der Waals surface area contributed by atoms with E-state index in [1.54, 1.807) is 13.3 Å².